The molecule has 1 aromatic carbocycles. The van der Waals surface area contributed by atoms with E-state index >= 15 is 0 Å². The predicted octanol–water partition coefficient (Wildman–Crippen LogP) is 2.92. The highest BCUT2D eigenvalue weighted by Gasteiger charge is 2.37. The summed E-state index contributed by atoms with van der Waals surface area (Å²) in [4.78, 5) is 27.0. The summed E-state index contributed by atoms with van der Waals surface area (Å²) in [5.41, 5.74) is 8.23. The molecule has 1 amide bonds. The number of anilines is 1. The molecule has 0 aliphatic carbocycles. The standard InChI is InChI=1S/C20H17F2N7O/c21-20(22)29-15(9-16(23)27-29)19(30)28-8-7-13-17(25-10-24-13)18(28)14-6-5-11-3-1-2-4-12(11)26-14/h1-6,9-10,18,20H,7-8H2,(H2,23,27)(H,24,25)/t18-/m0/s1. The number of aromatic nitrogens is 5. The maximum atomic E-state index is 13.4. The molecule has 1 aliphatic heterocycles. The van der Waals surface area contributed by atoms with Gasteiger partial charge < -0.3 is 15.6 Å². The molecule has 0 bridgehead atoms. The molecule has 5 rings (SSSR count). The van der Waals surface area contributed by atoms with Gasteiger partial charge in [-0.2, -0.15) is 13.5 Å². The molecule has 0 radical (unpaired) electrons. The molecular formula is C20H17F2N7O. The fourth-order valence-electron chi connectivity index (χ4n) is 3.90. The Morgan fingerprint density at radius 3 is 2.90 bits per heavy atom. The fraction of sp³-hybridized carbons (Fsp3) is 0.200. The predicted molar refractivity (Wildman–Crippen MR) is 105 cm³/mol. The summed E-state index contributed by atoms with van der Waals surface area (Å²) < 4.78 is 27.1. The number of imidazole rings is 1. The molecule has 8 nitrogen and oxygen atoms in total. The van der Waals surface area contributed by atoms with Crippen LogP contribution in [-0.4, -0.2) is 42.1 Å². The molecular weight excluding hydrogens is 392 g/mol. The second-order valence-corrected chi connectivity index (χ2v) is 7.02. The quantitative estimate of drug-likeness (QED) is 0.541. The molecule has 0 unspecified atom stereocenters. The lowest BCUT2D eigenvalue weighted by atomic mass is 9.98. The Morgan fingerprint density at radius 2 is 2.07 bits per heavy atom. The lowest BCUT2D eigenvalue weighted by Gasteiger charge is -2.34. The number of nitrogens with two attached hydrogens (primary N) is 1. The van der Waals surface area contributed by atoms with Gasteiger partial charge in [-0.3, -0.25) is 9.78 Å². The lowest BCUT2D eigenvalue weighted by Crippen LogP contribution is -2.42. The number of hydrogen-bond acceptors (Lipinski definition) is 5. The number of halogens is 2. The van der Waals surface area contributed by atoms with E-state index in [0.717, 1.165) is 16.6 Å². The van der Waals surface area contributed by atoms with Crippen LogP contribution in [0.3, 0.4) is 0 Å². The van der Waals surface area contributed by atoms with Crippen molar-refractivity contribution >= 4 is 22.6 Å². The molecule has 3 N–H and O–H groups in total. The van der Waals surface area contributed by atoms with Crippen LogP contribution in [0.5, 0.6) is 0 Å². The minimum Gasteiger partial charge on any atom is -0.382 e. The van der Waals surface area contributed by atoms with E-state index in [1.807, 2.05) is 36.4 Å². The largest absolute Gasteiger partial charge is 0.382 e. The van der Waals surface area contributed by atoms with Crippen molar-refractivity contribution in [3.05, 3.63) is 71.6 Å². The van der Waals surface area contributed by atoms with Gasteiger partial charge in [0.05, 0.1) is 23.2 Å². The molecule has 10 heteroatoms. The topological polar surface area (TPSA) is 106 Å². The Labute approximate surface area is 169 Å². The third kappa shape index (κ3) is 2.88. The number of para-hydroxylation sites is 1. The van der Waals surface area contributed by atoms with Crippen LogP contribution >= 0.6 is 0 Å². The SMILES string of the molecule is Nc1cc(C(=O)N2CCc3[nH]cnc3[C@@H]2c2ccc3ccccc3n2)n(C(F)F)n1. The van der Waals surface area contributed by atoms with Crippen LogP contribution in [0, 0.1) is 0 Å². The monoisotopic (exact) mass is 409 g/mol. The summed E-state index contributed by atoms with van der Waals surface area (Å²) in [6.07, 6.45) is 2.08. The summed E-state index contributed by atoms with van der Waals surface area (Å²) in [6, 6.07) is 11.9. The van der Waals surface area contributed by atoms with Gasteiger partial charge in [0.15, 0.2) is 0 Å². The Hall–Kier alpha value is -3.82. The summed E-state index contributed by atoms with van der Waals surface area (Å²) >= 11 is 0. The van der Waals surface area contributed by atoms with E-state index in [4.69, 9.17) is 10.7 Å². The van der Waals surface area contributed by atoms with Crippen LogP contribution in [0.4, 0.5) is 14.6 Å². The lowest BCUT2D eigenvalue weighted by molar-refractivity contribution is 0.0443. The van der Waals surface area contributed by atoms with Gasteiger partial charge in [-0.1, -0.05) is 24.3 Å². The molecule has 0 fully saturated rings. The number of alkyl halides is 2. The third-order valence-corrected chi connectivity index (χ3v) is 5.24. The highest BCUT2D eigenvalue weighted by Crippen LogP contribution is 2.34. The molecule has 4 aromatic rings. The number of amides is 1. The Bertz CT molecular complexity index is 1250. The zero-order valence-corrected chi connectivity index (χ0v) is 15.7. The summed E-state index contributed by atoms with van der Waals surface area (Å²) in [5, 5.41) is 4.52. The van der Waals surface area contributed by atoms with Crippen LogP contribution in [0.2, 0.25) is 0 Å². The van der Waals surface area contributed by atoms with Gasteiger partial charge in [0.1, 0.15) is 17.6 Å². The van der Waals surface area contributed by atoms with Crippen LogP contribution in [0.25, 0.3) is 10.9 Å². The number of rotatable bonds is 3. The van der Waals surface area contributed by atoms with Crippen molar-refractivity contribution in [3.8, 4) is 0 Å². The molecule has 4 heterocycles. The first-order valence-electron chi connectivity index (χ1n) is 9.35. The third-order valence-electron chi connectivity index (χ3n) is 5.24. The van der Waals surface area contributed by atoms with Crippen LogP contribution in [-0.2, 0) is 6.42 Å². The zero-order valence-electron chi connectivity index (χ0n) is 15.7. The number of benzene rings is 1. The minimum absolute atomic E-state index is 0.142. The van der Waals surface area contributed by atoms with E-state index in [0.29, 0.717) is 29.0 Å². The molecule has 1 atom stereocenters. The summed E-state index contributed by atoms with van der Waals surface area (Å²) in [7, 11) is 0. The number of carbonyl (C=O) groups excluding carboxylic acids is 1. The van der Waals surface area contributed by atoms with Crippen molar-refractivity contribution in [2.75, 3.05) is 12.3 Å². The number of aromatic amines is 1. The minimum atomic E-state index is -2.98. The van der Waals surface area contributed by atoms with Gasteiger partial charge in [-0.15, -0.1) is 5.10 Å². The molecule has 0 spiro atoms. The van der Waals surface area contributed by atoms with Crippen molar-refractivity contribution in [2.24, 2.45) is 0 Å². The van der Waals surface area contributed by atoms with E-state index in [2.05, 4.69) is 15.1 Å². The normalized spacial score (nSPS) is 16.2. The van der Waals surface area contributed by atoms with E-state index in [1.165, 1.54) is 11.0 Å². The fourth-order valence-corrected chi connectivity index (χ4v) is 3.90. The number of nitrogen functional groups attached to an aromatic ring is 1. The smallest absolute Gasteiger partial charge is 0.334 e. The van der Waals surface area contributed by atoms with Crippen LogP contribution < -0.4 is 5.73 Å². The summed E-state index contributed by atoms with van der Waals surface area (Å²) in [6.45, 7) is -2.68. The number of H-pyrrole nitrogens is 1. The maximum absolute atomic E-state index is 13.4. The van der Waals surface area contributed by atoms with Gasteiger partial charge in [-0.05, 0) is 12.1 Å². The number of nitrogens with zero attached hydrogens (tertiary/aromatic N) is 5. The Morgan fingerprint density at radius 1 is 1.23 bits per heavy atom. The average Bonchev–Trinajstić information content (AvgIpc) is 3.38. The van der Waals surface area contributed by atoms with Gasteiger partial charge in [-0.25, -0.2) is 4.98 Å². The molecule has 3 aromatic heterocycles. The number of hydrogen-bond donors (Lipinski definition) is 2. The average molecular weight is 409 g/mol. The van der Waals surface area contributed by atoms with E-state index in [9.17, 15) is 13.6 Å². The molecule has 152 valence electrons. The van der Waals surface area contributed by atoms with Crippen LogP contribution in [0.1, 0.15) is 40.2 Å². The van der Waals surface area contributed by atoms with Crippen molar-refractivity contribution in [3.63, 3.8) is 0 Å². The van der Waals surface area contributed by atoms with Crippen molar-refractivity contribution in [1.82, 2.24) is 29.6 Å². The second-order valence-electron chi connectivity index (χ2n) is 7.02. The van der Waals surface area contributed by atoms with E-state index in [1.54, 1.807) is 6.33 Å². The number of fused-ring (bicyclic) bond motifs is 2. The zero-order chi connectivity index (χ0) is 20.8. The van der Waals surface area contributed by atoms with Crippen molar-refractivity contribution in [1.29, 1.82) is 0 Å². The number of pyridine rings is 1. The van der Waals surface area contributed by atoms with E-state index < -0.39 is 18.5 Å². The number of carbonyl (C=O) groups is 1. The van der Waals surface area contributed by atoms with E-state index in [-0.39, 0.29) is 11.5 Å². The van der Waals surface area contributed by atoms with Gasteiger partial charge >= 0.3 is 6.55 Å². The van der Waals surface area contributed by atoms with Gasteiger partial charge in [0, 0.05) is 30.1 Å². The first-order valence-corrected chi connectivity index (χ1v) is 9.35. The van der Waals surface area contributed by atoms with Crippen molar-refractivity contribution < 1.29 is 13.6 Å². The summed E-state index contributed by atoms with van der Waals surface area (Å²) in [5.74, 6) is -0.746. The molecule has 0 saturated heterocycles. The van der Waals surface area contributed by atoms with Gasteiger partial charge in [0.25, 0.3) is 5.91 Å². The highest BCUT2D eigenvalue weighted by atomic mass is 19.3. The first-order chi connectivity index (χ1) is 14.5. The molecule has 1 aliphatic rings. The number of nitrogens with one attached hydrogen (secondary N) is 1. The second kappa shape index (κ2) is 6.90. The molecule has 30 heavy (non-hydrogen) atoms. The van der Waals surface area contributed by atoms with Crippen molar-refractivity contribution in [2.45, 2.75) is 19.0 Å². The first kappa shape index (κ1) is 18.2. The van der Waals surface area contributed by atoms with Gasteiger partial charge in [0.2, 0.25) is 0 Å². The highest BCUT2D eigenvalue weighted by molar-refractivity contribution is 5.94. The van der Waals surface area contributed by atoms with Crippen LogP contribution in [0.15, 0.2) is 48.8 Å². The molecule has 0 saturated carbocycles. The Balaban J connectivity index is 1.63. The maximum Gasteiger partial charge on any atom is 0.334 e. The Kier molecular flexibility index (Phi) is 4.19.